The van der Waals surface area contributed by atoms with Gasteiger partial charge in [-0.25, -0.2) is 4.63 Å². The molecule has 19 heavy (non-hydrogen) atoms. The number of benzene rings is 2. The first-order valence-corrected chi connectivity index (χ1v) is 5.69. The molecule has 6 nitrogen and oxygen atoms in total. The van der Waals surface area contributed by atoms with Gasteiger partial charge in [0, 0.05) is 5.56 Å². The van der Waals surface area contributed by atoms with Gasteiger partial charge in [0.2, 0.25) is 11.6 Å². The van der Waals surface area contributed by atoms with E-state index < -0.39 is 0 Å². The third-order valence-electron chi connectivity index (χ3n) is 2.71. The van der Waals surface area contributed by atoms with Crippen molar-refractivity contribution in [2.45, 2.75) is 0 Å². The summed E-state index contributed by atoms with van der Waals surface area (Å²) in [6.07, 6.45) is 1.70. The van der Waals surface area contributed by atoms with E-state index >= 15 is 0 Å². The van der Waals surface area contributed by atoms with E-state index in [9.17, 15) is 0 Å². The maximum atomic E-state index is 5.51. The number of nitrogens with two attached hydrogens (primary N) is 1. The first kappa shape index (κ1) is 11.2. The minimum Gasteiger partial charge on any atom is -0.378 e. The van der Waals surface area contributed by atoms with E-state index in [1.54, 1.807) is 6.21 Å². The topological polar surface area (TPSA) is 89.3 Å². The maximum Gasteiger partial charge on any atom is 0.235 e. The number of hydrazone groups is 1. The van der Waals surface area contributed by atoms with Gasteiger partial charge < -0.3 is 5.73 Å². The van der Waals surface area contributed by atoms with E-state index in [1.165, 1.54) is 0 Å². The Morgan fingerprint density at radius 1 is 1.11 bits per heavy atom. The lowest BCUT2D eigenvalue weighted by atomic mass is 10.1. The summed E-state index contributed by atoms with van der Waals surface area (Å²) >= 11 is 0. The van der Waals surface area contributed by atoms with Crippen molar-refractivity contribution in [1.82, 2.24) is 10.3 Å². The summed E-state index contributed by atoms with van der Waals surface area (Å²) in [6, 6.07) is 14.1. The van der Waals surface area contributed by atoms with E-state index in [1.807, 2.05) is 30.3 Å². The summed E-state index contributed by atoms with van der Waals surface area (Å²) in [7, 11) is 0. The lowest BCUT2D eigenvalue weighted by Crippen LogP contribution is -1.95. The molecule has 0 aliphatic heterocycles. The van der Waals surface area contributed by atoms with E-state index in [-0.39, 0.29) is 5.82 Å². The Kier molecular flexibility index (Phi) is 2.82. The summed E-state index contributed by atoms with van der Waals surface area (Å²) in [4.78, 5) is 0. The predicted octanol–water partition coefficient (Wildman–Crippen LogP) is 2.25. The molecule has 0 amide bonds. The van der Waals surface area contributed by atoms with Gasteiger partial charge in [0.1, 0.15) is 0 Å². The fraction of sp³-hybridized carbons (Fsp3) is 0. The van der Waals surface area contributed by atoms with Crippen LogP contribution in [0, 0.1) is 0 Å². The molecular formula is C13H11N5O. The summed E-state index contributed by atoms with van der Waals surface area (Å²) < 4.78 is 4.46. The van der Waals surface area contributed by atoms with Gasteiger partial charge in [-0.3, -0.25) is 5.43 Å². The van der Waals surface area contributed by atoms with Gasteiger partial charge in [-0.1, -0.05) is 42.5 Å². The summed E-state index contributed by atoms with van der Waals surface area (Å²) in [5, 5.41) is 13.4. The van der Waals surface area contributed by atoms with Crippen molar-refractivity contribution in [3.8, 4) is 0 Å². The monoisotopic (exact) mass is 253 g/mol. The molecule has 0 aliphatic carbocycles. The van der Waals surface area contributed by atoms with Crippen LogP contribution >= 0.6 is 0 Å². The van der Waals surface area contributed by atoms with Crippen LogP contribution in [-0.2, 0) is 0 Å². The van der Waals surface area contributed by atoms with Gasteiger partial charge in [0.25, 0.3) is 0 Å². The average Bonchev–Trinajstić information content (AvgIpc) is 2.85. The van der Waals surface area contributed by atoms with Crippen molar-refractivity contribution in [3.63, 3.8) is 0 Å². The fourth-order valence-electron chi connectivity index (χ4n) is 1.80. The molecule has 0 saturated carbocycles. The molecule has 0 atom stereocenters. The van der Waals surface area contributed by atoms with Crippen LogP contribution in [0.3, 0.4) is 0 Å². The largest absolute Gasteiger partial charge is 0.378 e. The third-order valence-corrected chi connectivity index (χ3v) is 2.71. The first-order chi connectivity index (χ1) is 9.34. The maximum absolute atomic E-state index is 5.51. The third kappa shape index (κ3) is 2.23. The normalized spacial score (nSPS) is 11.2. The fourth-order valence-corrected chi connectivity index (χ4v) is 1.80. The van der Waals surface area contributed by atoms with Gasteiger partial charge >= 0.3 is 0 Å². The average molecular weight is 253 g/mol. The van der Waals surface area contributed by atoms with E-state index in [2.05, 4.69) is 37.6 Å². The number of aromatic nitrogens is 2. The number of nitrogens with one attached hydrogen (secondary N) is 1. The summed E-state index contributed by atoms with van der Waals surface area (Å²) in [5.74, 6) is 0.478. The zero-order chi connectivity index (χ0) is 13.1. The molecule has 0 spiro atoms. The molecule has 0 fully saturated rings. The number of anilines is 2. The molecule has 3 rings (SSSR count). The Morgan fingerprint density at radius 3 is 2.79 bits per heavy atom. The van der Waals surface area contributed by atoms with E-state index in [4.69, 9.17) is 5.73 Å². The van der Waals surface area contributed by atoms with Crippen LogP contribution in [0.4, 0.5) is 11.6 Å². The van der Waals surface area contributed by atoms with Crippen molar-refractivity contribution in [2.24, 2.45) is 5.10 Å². The molecule has 1 heterocycles. The standard InChI is InChI=1S/C13H11N5O/c14-12-13(18-19-17-12)16-15-8-10-6-3-5-9-4-1-2-7-11(9)10/h1-8H,(H2,14,17)(H,16,18)/b15-8-. The van der Waals surface area contributed by atoms with Gasteiger partial charge in [-0.15, -0.1) is 0 Å². The molecule has 0 aliphatic rings. The van der Waals surface area contributed by atoms with Gasteiger partial charge in [0.15, 0.2) is 0 Å². The van der Waals surface area contributed by atoms with E-state index in [0.29, 0.717) is 5.82 Å². The minimum absolute atomic E-state index is 0.176. The second-order valence-electron chi connectivity index (χ2n) is 3.94. The van der Waals surface area contributed by atoms with Crippen LogP contribution in [0.1, 0.15) is 5.56 Å². The Balaban J connectivity index is 1.87. The zero-order valence-corrected chi connectivity index (χ0v) is 9.95. The van der Waals surface area contributed by atoms with Gasteiger partial charge in [-0.2, -0.15) is 5.10 Å². The molecule has 0 radical (unpaired) electrons. The van der Waals surface area contributed by atoms with Crippen LogP contribution in [0.15, 0.2) is 52.2 Å². The molecule has 0 saturated heterocycles. The lowest BCUT2D eigenvalue weighted by molar-refractivity contribution is 0.310. The van der Waals surface area contributed by atoms with Crippen molar-refractivity contribution in [2.75, 3.05) is 11.2 Å². The van der Waals surface area contributed by atoms with Gasteiger partial charge in [0.05, 0.1) is 6.21 Å². The molecule has 6 heteroatoms. The van der Waals surface area contributed by atoms with Gasteiger partial charge in [-0.05, 0) is 21.1 Å². The molecule has 0 unspecified atom stereocenters. The minimum atomic E-state index is 0.176. The summed E-state index contributed by atoms with van der Waals surface area (Å²) in [6.45, 7) is 0. The molecule has 0 bridgehead atoms. The van der Waals surface area contributed by atoms with Crippen LogP contribution in [0.25, 0.3) is 10.8 Å². The van der Waals surface area contributed by atoms with E-state index in [0.717, 1.165) is 16.3 Å². The summed E-state index contributed by atoms with van der Waals surface area (Å²) in [5.41, 5.74) is 9.19. The molecule has 1 aromatic heterocycles. The number of nitrogen functional groups attached to an aromatic ring is 1. The van der Waals surface area contributed by atoms with Crippen LogP contribution in [0.2, 0.25) is 0 Å². The number of hydrogen-bond donors (Lipinski definition) is 2. The second-order valence-corrected chi connectivity index (χ2v) is 3.94. The zero-order valence-electron chi connectivity index (χ0n) is 9.95. The lowest BCUT2D eigenvalue weighted by Gasteiger charge is -2.01. The highest BCUT2D eigenvalue weighted by molar-refractivity contribution is 5.99. The molecule has 94 valence electrons. The molecule has 3 N–H and O–H groups in total. The van der Waals surface area contributed by atoms with Crippen LogP contribution in [0.5, 0.6) is 0 Å². The van der Waals surface area contributed by atoms with Crippen LogP contribution < -0.4 is 11.2 Å². The smallest absolute Gasteiger partial charge is 0.235 e. The van der Waals surface area contributed by atoms with Crippen molar-refractivity contribution in [1.29, 1.82) is 0 Å². The molecular weight excluding hydrogens is 242 g/mol. The number of hydrogen-bond acceptors (Lipinski definition) is 6. The quantitative estimate of drug-likeness (QED) is 0.552. The van der Waals surface area contributed by atoms with Crippen molar-refractivity contribution >= 4 is 28.6 Å². The second kappa shape index (κ2) is 4.77. The van der Waals surface area contributed by atoms with Crippen molar-refractivity contribution < 1.29 is 4.63 Å². The number of rotatable bonds is 3. The Hall–Kier alpha value is -2.89. The number of nitrogens with zero attached hydrogens (tertiary/aromatic N) is 3. The Morgan fingerprint density at radius 2 is 1.95 bits per heavy atom. The highest BCUT2D eigenvalue weighted by Crippen LogP contribution is 2.17. The van der Waals surface area contributed by atoms with Crippen molar-refractivity contribution in [3.05, 3.63) is 48.0 Å². The Bertz CT molecular complexity index is 729. The number of fused-ring (bicyclic) bond motifs is 1. The Labute approximate surface area is 108 Å². The molecule has 3 aromatic rings. The first-order valence-electron chi connectivity index (χ1n) is 5.69. The SMILES string of the molecule is Nc1nonc1N/N=C\c1cccc2ccccc12. The highest BCUT2D eigenvalue weighted by atomic mass is 16.6. The predicted molar refractivity (Wildman–Crippen MR) is 73.9 cm³/mol. The highest BCUT2D eigenvalue weighted by Gasteiger charge is 2.03. The molecule has 2 aromatic carbocycles. The van der Waals surface area contributed by atoms with Crippen LogP contribution in [-0.4, -0.2) is 16.5 Å².